The smallest absolute Gasteiger partial charge is 0.316 e. The van der Waals surface area contributed by atoms with Gasteiger partial charge in [0.15, 0.2) is 6.61 Å². The highest BCUT2D eigenvalue weighted by molar-refractivity contribution is 8.00. The van der Waals surface area contributed by atoms with Gasteiger partial charge < -0.3 is 9.30 Å². The van der Waals surface area contributed by atoms with E-state index < -0.39 is 24.4 Å². The number of amides is 2. The van der Waals surface area contributed by atoms with Crippen molar-refractivity contribution >= 4 is 29.5 Å². The summed E-state index contributed by atoms with van der Waals surface area (Å²) in [6.07, 6.45) is 1.70. The summed E-state index contributed by atoms with van der Waals surface area (Å²) in [5, 5.41) is 2.18. The molecule has 0 saturated heterocycles. The third-order valence-electron chi connectivity index (χ3n) is 3.47. The minimum absolute atomic E-state index is 0.100. The van der Waals surface area contributed by atoms with Crippen LogP contribution in [-0.4, -0.2) is 34.7 Å². The van der Waals surface area contributed by atoms with Gasteiger partial charge in [-0.25, -0.2) is 0 Å². The number of imide groups is 1. The monoisotopic (exact) mass is 360 g/mol. The van der Waals surface area contributed by atoms with E-state index in [1.54, 1.807) is 29.9 Å². The van der Waals surface area contributed by atoms with Gasteiger partial charge in [0.2, 0.25) is 0 Å². The molecule has 25 heavy (non-hydrogen) atoms. The first-order chi connectivity index (χ1) is 11.9. The lowest BCUT2D eigenvalue weighted by molar-refractivity contribution is -0.145. The minimum Gasteiger partial charge on any atom is -0.455 e. The lowest BCUT2D eigenvalue weighted by atomic mass is 10.2. The van der Waals surface area contributed by atoms with Crippen molar-refractivity contribution in [1.82, 2.24) is 9.88 Å². The number of carbonyl (C=O) groups excluding carboxylic acids is 3. The Morgan fingerprint density at radius 3 is 2.60 bits per heavy atom. The van der Waals surface area contributed by atoms with E-state index in [2.05, 4.69) is 5.32 Å². The molecule has 0 aliphatic rings. The van der Waals surface area contributed by atoms with Crippen LogP contribution in [0.3, 0.4) is 0 Å². The van der Waals surface area contributed by atoms with Crippen LogP contribution in [0.25, 0.3) is 0 Å². The molecular formula is C18H20N2O4S. The average Bonchev–Trinajstić information content (AvgIpc) is 2.98. The third kappa shape index (κ3) is 5.49. The van der Waals surface area contributed by atoms with E-state index in [0.29, 0.717) is 5.69 Å². The van der Waals surface area contributed by atoms with Crippen molar-refractivity contribution in [3.63, 3.8) is 0 Å². The summed E-state index contributed by atoms with van der Waals surface area (Å²) < 4.78 is 6.50. The van der Waals surface area contributed by atoms with E-state index in [9.17, 15) is 14.4 Å². The third-order valence-corrected chi connectivity index (χ3v) is 4.62. The maximum Gasteiger partial charge on any atom is 0.316 e. The number of hydrogen-bond donors (Lipinski definition) is 1. The largest absolute Gasteiger partial charge is 0.455 e. The molecule has 1 aromatic heterocycles. The molecule has 132 valence electrons. The molecule has 0 saturated carbocycles. The predicted molar refractivity (Wildman–Crippen MR) is 95.5 cm³/mol. The van der Waals surface area contributed by atoms with Gasteiger partial charge in [-0.2, -0.15) is 0 Å². The molecule has 2 amide bonds. The van der Waals surface area contributed by atoms with Crippen molar-refractivity contribution in [2.75, 3.05) is 12.4 Å². The molecule has 0 fully saturated rings. The number of nitrogens with one attached hydrogen (secondary N) is 1. The highest BCUT2D eigenvalue weighted by Crippen LogP contribution is 2.23. The number of aryl methyl sites for hydroxylation is 3. The summed E-state index contributed by atoms with van der Waals surface area (Å²) >= 11 is 1.35. The summed E-state index contributed by atoms with van der Waals surface area (Å²) in [4.78, 5) is 36.3. The first-order valence-electron chi connectivity index (χ1n) is 7.68. The van der Waals surface area contributed by atoms with E-state index in [4.69, 9.17) is 4.74 Å². The molecule has 0 bridgehead atoms. The number of aromatic nitrogens is 1. The number of esters is 1. The quantitative estimate of drug-likeness (QED) is 0.631. The molecule has 2 rings (SSSR count). The summed E-state index contributed by atoms with van der Waals surface area (Å²) in [5.41, 5.74) is 2.60. The molecule has 0 atom stereocenters. The van der Waals surface area contributed by atoms with Crippen LogP contribution >= 0.6 is 11.8 Å². The topological polar surface area (TPSA) is 77.4 Å². The molecule has 0 aliphatic carbocycles. The van der Waals surface area contributed by atoms with Crippen LogP contribution < -0.4 is 5.32 Å². The fraction of sp³-hybridized carbons (Fsp3) is 0.278. The van der Waals surface area contributed by atoms with Gasteiger partial charge >= 0.3 is 5.97 Å². The molecular weight excluding hydrogens is 340 g/mol. The van der Waals surface area contributed by atoms with Crippen molar-refractivity contribution in [3.8, 4) is 0 Å². The second kappa shape index (κ2) is 8.53. The average molecular weight is 360 g/mol. The van der Waals surface area contributed by atoms with Crippen LogP contribution in [-0.2, 0) is 21.4 Å². The Morgan fingerprint density at radius 2 is 1.96 bits per heavy atom. The van der Waals surface area contributed by atoms with E-state index >= 15 is 0 Å². The van der Waals surface area contributed by atoms with Crippen molar-refractivity contribution in [3.05, 3.63) is 53.3 Å². The van der Waals surface area contributed by atoms with Gasteiger partial charge in [-0.05, 0) is 37.6 Å². The number of nitrogens with zero attached hydrogens (tertiary/aromatic N) is 1. The Labute approximate surface area is 150 Å². The standard InChI is InChI=1S/C18H20N2O4S/c1-12-6-7-15(13(2)9-12)25-11-17(22)24-10-16(21)19-18(23)14-5-4-8-20(14)3/h4-9H,10-11H2,1-3H3,(H,19,21,23). The van der Waals surface area contributed by atoms with Crippen LogP contribution in [0.2, 0.25) is 0 Å². The van der Waals surface area contributed by atoms with E-state index in [1.165, 1.54) is 11.8 Å². The van der Waals surface area contributed by atoms with E-state index in [-0.39, 0.29) is 5.75 Å². The van der Waals surface area contributed by atoms with Crippen molar-refractivity contribution in [1.29, 1.82) is 0 Å². The zero-order valence-electron chi connectivity index (χ0n) is 14.4. The highest BCUT2D eigenvalue weighted by Gasteiger charge is 2.14. The maximum atomic E-state index is 11.9. The Hall–Kier alpha value is -2.54. The fourth-order valence-corrected chi connectivity index (χ4v) is 3.02. The number of rotatable bonds is 6. The van der Waals surface area contributed by atoms with E-state index in [0.717, 1.165) is 16.0 Å². The van der Waals surface area contributed by atoms with E-state index in [1.807, 2.05) is 32.0 Å². The number of benzene rings is 1. The Balaban J connectivity index is 1.75. The predicted octanol–water partition coefficient (Wildman–Crippen LogP) is 2.23. The van der Waals surface area contributed by atoms with Crippen LogP contribution in [0.5, 0.6) is 0 Å². The second-order valence-electron chi connectivity index (χ2n) is 5.60. The van der Waals surface area contributed by atoms with Crippen molar-refractivity contribution < 1.29 is 19.1 Å². The van der Waals surface area contributed by atoms with Gasteiger partial charge in [-0.1, -0.05) is 17.7 Å². The normalized spacial score (nSPS) is 10.4. The molecule has 7 heteroatoms. The van der Waals surface area contributed by atoms with Crippen molar-refractivity contribution in [2.45, 2.75) is 18.7 Å². The molecule has 2 aromatic rings. The summed E-state index contributed by atoms with van der Waals surface area (Å²) in [6.45, 7) is 3.50. The Kier molecular flexibility index (Phi) is 6.41. The van der Waals surface area contributed by atoms with Gasteiger partial charge in [0.1, 0.15) is 5.69 Å². The first kappa shape index (κ1) is 18.8. The Morgan fingerprint density at radius 1 is 1.20 bits per heavy atom. The van der Waals surface area contributed by atoms with Gasteiger partial charge in [0.05, 0.1) is 5.75 Å². The van der Waals surface area contributed by atoms with Gasteiger partial charge in [-0.3, -0.25) is 19.7 Å². The van der Waals surface area contributed by atoms with Crippen LogP contribution in [0.15, 0.2) is 41.4 Å². The van der Waals surface area contributed by atoms with Crippen LogP contribution in [0, 0.1) is 13.8 Å². The molecule has 0 spiro atoms. The summed E-state index contributed by atoms with van der Waals surface area (Å²) in [6, 6.07) is 9.26. The molecule has 0 radical (unpaired) electrons. The molecule has 0 aliphatic heterocycles. The molecule has 1 aromatic carbocycles. The number of ether oxygens (including phenoxy) is 1. The van der Waals surface area contributed by atoms with Crippen LogP contribution in [0.1, 0.15) is 21.6 Å². The maximum absolute atomic E-state index is 11.9. The van der Waals surface area contributed by atoms with Gasteiger partial charge in [0, 0.05) is 18.1 Å². The fourth-order valence-electron chi connectivity index (χ4n) is 2.21. The molecule has 0 unspecified atom stereocenters. The van der Waals surface area contributed by atoms with Crippen molar-refractivity contribution in [2.24, 2.45) is 7.05 Å². The Bertz CT molecular complexity index is 798. The van der Waals surface area contributed by atoms with Crippen LogP contribution in [0.4, 0.5) is 0 Å². The second-order valence-corrected chi connectivity index (χ2v) is 6.62. The molecule has 1 N–H and O–H groups in total. The first-order valence-corrected chi connectivity index (χ1v) is 8.66. The SMILES string of the molecule is Cc1ccc(SCC(=O)OCC(=O)NC(=O)c2cccn2C)c(C)c1. The number of carbonyl (C=O) groups is 3. The zero-order chi connectivity index (χ0) is 18.4. The number of thioether (sulfide) groups is 1. The van der Waals surface area contributed by atoms with Gasteiger partial charge in [-0.15, -0.1) is 11.8 Å². The lowest BCUT2D eigenvalue weighted by Crippen LogP contribution is -2.35. The highest BCUT2D eigenvalue weighted by atomic mass is 32.2. The summed E-state index contributed by atoms with van der Waals surface area (Å²) in [5.74, 6) is -1.59. The molecule has 6 nitrogen and oxygen atoms in total. The lowest BCUT2D eigenvalue weighted by Gasteiger charge is -2.08. The molecule has 1 heterocycles. The summed E-state index contributed by atoms with van der Waals surface area (Å²) in [7, 11) is 1.70. The number of hydrogen-bond acceptors (Lipinski definition) is 5. The minimum atomic E-state index is -0.656. The van der Waals surface area contributed by atoms with Gasteiger partial charge in [0.25, 0.3) is 11.8 Å². The zero-order valence-corrected chi connectivity index (χ0v) is 15.2.